The van der Waals surface area contributed by atoms with Crippen LogP contribution in [-0.4, -0.2) is 42.7 Å². The largest absolute Gasteiger partial charge is 0.444 e. The summed E-state index contributed by atoms with van der Waals surface area (Å²) in [6, 6.07) is 4.50. The molecule has 1 fully saturated rings. The summed E-state index contributed by atoms with van der Waals surface area (Å²) in [7, 11) is -4.04. The summed E-state index contributed by atoms with van der Waals surface area (Å²) in [5.41, 5.74) is 1.49. The number of benzene rings is 1. The molecule has 25 heavy (non-hydrogen) atoms. The lowest BCUT2D eigenvalue weighted by atomic mass is 10.1. The second-order valence-electron chi connectivity index (χ2n) is 7.25. The van der Waals surface area contributed by atoms with E-state index in [1.165, 1.54) is 18.6 Å². The van der Waals surface area contributed by atoms with Gasteiger partial charge in [-0.3, -0.25) is 4.55 Å². The maximum absolute atomic E-state index is 11.5. The molecule has 1 N–H and O–H groups in total. The topological polar surface area (TPSA) is 83.9 Å². The number of rotatable bonds is 1. The van der Waals surface area contributed by atoms with E-state index in [-0.39, 0.29) is 16.6 Å². The lowest BCUT2D eigenvalue weighted by molar-refractivity contribution is 0.0216. The van der Waals surface area contributed by atoms with Crippen LogP contribution in [0.5, 0.6) is 0 Å². The maximum atomic E-state index is 11.5. The Morgan fingerprint density at radius 2 is 1.64 bits per heavy atom. The van der Waals surface area contributed by atoms with E-state index < -0.39 is 10.1 Å². The third-order valence-corrected chi connectivity index (χ3v) is 4.63. The van der Waals surface area contributed by atoms with E-state index in [1.807, 2.05) is 27.7 Å². The number of piperidine rings is 1. The van der Waals surface area contributed by atoms with Crippen molar-refractivity contribution in [2.45, 2.75) is 64.4 Å². The molecule has 0 aromatic heterocycles. The maximum Gasteiger partial charge on any atom is 0.410 e. The average molecular weight is 371 g/mol. The highest BCUT2D eigenvalue weighted by molar-refractivity contribution is 7.85. The third kappa shape index (κ3) is 7.88. The number of amides is 1. The first kappa shape index (κ1) is 21.4. The normalized spacial score (nSPS) is 15.2. The summed E-state index contributed by atoms with van der Waals surface area (Å²) in [6.45, 7) is 11.1. The fourth-order valence-electron chi connectivity index (χ4n) is 2.28. The van der Waals surface area contributed by atoms with Crippen molar-refractivity contribution in [3.63, 3.8) is 0 Å². The Kier molecular flexibility index (Phi) is 7.44. The summed E-state index contributed by atoms with van der Waals surface area (Å²) >= 11 is 0. The number of likely N-dealkylation sites (tertiary alicyclic amines) is 1. The number of carbonyl (C=O) groups is 1. The SMILES string of the molecule is CC(C)(C)OC(=O)N1CCCCC1.Cc1ccc(S(=O)(=O)O)cc1C. The van der Waals surface area contributed by atoms with E-state index in [9.17, 15) is 13.2 Å². The number of aryl methyl sites for hydroxylation is 2. The van der Waals surface area contributed by atoms with E-state index in [2.05, 4.69) is 0 Å². The predicted octanol–water partition coefficient (Wildman–Crippen LogP) is 3.96. The quantitative estimate of drug-likeness (QED) is 0.756. The molecule has 0 bridgehead atoms. The second kappa shape index (κ2) is 8.67. The standard InChI is InChI=1S/C10H19NO2.C8H10O3S/c1-10(2,3)13-9(12)11-7-5-4-6-8-11;1-6-3-4-8(5-7(6)2)12(9,10)11/h4-8H2,1-3H3;3-5H,1-2H3,(H,9,10,11). The molecule has 1 aliphatic heterocycles. The summed E-state index contributed by atoms with van der Waals surface area (Å²) in [5, 5.41) is 0. The van der Waals surface area contributed by atoms with Crippen LogP contribution in [0.1, 0.15) is 51.2 Å². The molecule has 0 atom stereocenters. The molecule has 1 aromatic rings. The van der Waals surface area contributed by atoms with Gasteiger partial charge in [0, 0.05) is 13.1 Å². The number of nitrogens with zero attached hydrogens (tertiary/aromatic N) is 1. The van der Waals surface area contributed by atoms with E-state index in [1.54, 1.807) is 17.9 Å². The van der Waals surface area contributed by atoms with Crippen LogP contribution in [0.25, 0.3) is 0 Å². The van der Waals surface area contributed by atoms with Crippen LogP contribution in [0, 0.1) is 13.8 Å². The summed E-state index contributed by atoms with van der Waals surface area (Å²) in [5.74, 6) is 0. The van der Waals surface area contributed by atoms with Gasteiger partial charge in [0.05, 0.1) is 4.90 Å². The molecular formula is C18H29NO5S. The van der Waals surface area contributed by atoms with Gasteiger partial charge in [0.15, 0.2) is 0 Å². The molecule has 0 spiro atoms. The first-order chi connectivity index (χ1) is 11.4. The van der Waals surface area contributed by atoms with Gasteiger partial charge in [0.2, 0.25) is 0 Å². The van der Waals surface area contributed by atoms with Gasteiger partial charge in [0.1, 0.15) is 5.60 Å². The number of carbonyl (C=O) groups excluding carboxylic acids is 1. The highest BCUT2D eigenvalue weighted by Gasteiger charge is 2.22. The Morgan fingerprint density at radius 3 is 2.08 bits per heavy atom. The highest BCUT2D eigenvalue weighted by atomic mass is 32.2. The Labute approximate surface area is 150 Å². The number of ether oxygens (including phenoxy) is 1. The third-order valence-electron chi connectivity index (χ3n) is 3.78. The average Bonchev–Trinajstić information content (AvgIpc) is 2.49. The van der Waals surface area contributed by atoms with Crippen molar-refractivity contribution in [2.24, 2.45) is 0 Å². The second-order valence-corrected chi connectivity index (χ2v) is 8.67. The predicted molar refractivity (Wildman–Crippen MR) is 97.4 cm³/mol. The van der Waals surface area contributed by atoms with Gasteiger partial charge in [-0.15, -0.1) is 0 Å². The van der Waals surface area contributed by atoms with Gasteiger partial charge in [0.25, 0.3) is 10.1 Å². The van der Waals surface area contributed by atoms with Gasteiger partial charge in [-0.2, -0.15) is 8.42 Å². The smallest absolute Gasteiger partial charge is 0.410 e. The van der Waals surface area contributed by atoms with Crippen molar-refractivity contribution in [3.8, 4) is 0 Å². The lowest BCUT2D eigenvalue weighted by Gasteiger charge is -2.29. The first-order valence-corrected chi connectivity index (χ1v) is 9.87. The van der Waals surface area contributed by atoms with E-state index in [0.717, 1.165) is 37.1 Å². The van der Waals surface area contributed by atoms with Gasteiger partial charge >= 0.3 is 6.09 Å². The van der Waals surface area contributed by atoms with Gasteiger partial charge < -0.3 is 9.64 Å². The molecule has 1 amide bonds. The van der Waals surface area contributed by atoms with Crippen molar-refractivity contribution in [2.75, 3.05) is 13.1 Å². The Balaban J connectivity index is 0.000000251. The molecule has 0 radical (unpaired) electrons. The van der Waals surface area contributed by atoms with Crippen LogP contribution in [0.4, 0.5) is 4.79 Å². The van der Waals surface area contributed by atoms with Crippen molar-refractivity contribution in [1.29, 1.82) is 0 Å². The molecular weight excluding hydrogens is 342 g/mol. The molecule has 1 saturated heterocycles. The van der Waals surface area contributed by atoms with Gasteiger partial charge in [-0.1, -0.05) is 6.07 Å². The first-order valence-electron chi connectivity index (χ1n) is 8.43. The Hall–Kier alpha value is -1.60. The highest BCUT2D eigenvalue weighted by Crippen LogP contribution is 2.15. The molecule has 2 rings (SSSR count). The van der Waals surface area contributed by atoms with Crippen LogP contribution in [0.15, 0.2) is 23.1 Å². The van der Waals surface area contributed by atoms with E-state index in [0.29, 0.717) is 0 Å². The molecule has 0 saturated carbocycles. The summed E-state index contributed by atoms with van der Waals surface area (Å²) in [4.78, 5) is 13.3. The minimum atomic E-state index is -4.04. The zero-order valence-corrected chi connectivity index (χ0v) is 16.5. The minimum absolute atomic E-state index is 0.0504. The van der Waals surface area contributed by atoms with E-state index in [4.69, 9.17) is 9.29 Å². The molecule has 142 valence electrons. The monoisotopic (exact) mass is 371 g/mol. The van der Waals surface area contributed by atoms with Crippen molar-refractivity contribution in [1.82, 2.24) is 4.90 Å². The molecule has 1 aliphatic rings. The van der Waals surface area contributed by atoms with Crippen LogP contribution in [0.3, 0.4) is 0 Å². The lowest BCUT2D eigenvalue weighted by Crippen LogP contribution is -2.39. The van der Waals surface area contributed by atoms with Crippen molar-refractivity contribution >= 4 is 16.2 Å². The number of hydrogen-bond acceptors (Lipinski definition) is 4. The molecule has 7 heteroatoms. The summed E-state index contributed by atoms with van der Waals surface area (Å²) in [6.07, 6.45) is 3.30. The van der Waals surface area contributed by atoms with Crippen LogP contribution in [0.2, 0.25) is 0 Å². The number of hydrogen-bond donors (Lipinski definition) is 1. The Morgan fingerprint density at radius 1 is 1.08 bits per heavy atom. The zero-order chi connectivity index (χ0) is 19.3. The molecule has 0 aliphatic carbocycles. The molecule has 1 heterocycles. The fraction of sp³-hybridized carbons (Fsp3) is 0.611. The van der Waals surface area contributed by atoms with E-state index >= 15 is 0 Å². The minimum Gasteiger partial charge on any atom is -0.444 e. The summed E-state index contributed by atoms with van der Waals surface area (Å²) < 4.78 is 35.2. The van der Waals surface area contributed by atoms with Crippen LogP contribution >= 0.6 is 0 Å². The zero-order valence-electron chi connectivity index (χ0n) is 15.7. The molecule has 6 nitrogen and oxygen atoms in total. The van der Waals surface area contributed by atoms with Gasteiger partial charge in [-0.25, -0.2) is 4.79 Å². The Bertz CT molecular complexity index is 686. The van der Waals surface area contributed by atoms with Crippen molar-refractivity contribution in [3.05, 3.63) is 29.3 Å². The molecule has 0 unspecified atom stereocenters. The van der Waals surface area contributed by atoms with Gasteiger partial charge in [-0.05, 0) is 77.1 Å². The van der Waals surface area contributed by atoms with Crippen LogP contribution < -0.4 is 0 Å². The fourth-order valence-corrected chi connectivity index (χ4v) is 2.84. The van der Waals surface area contributed by atoms with Crippen LogP contribution in [-0.2, 0) is 14.9 Å². The molecule has 1 aromatic carbocycles. The van der Waals surface area contributed by atoms with Crippen molar-refractivity contribution < 1.29 is 22.5 Å².